The van der Waals surface area contributed by atoms with Crippen molar-refractivity contribution in [3.8, 4) is 0 Å². The summed E-state index contributed by atoms with van der Waals surface area (Å²) in [4.78, 5) is 10.9. The molecule has 0 fully saturated rings. The number of aliphatic hydroxyl groups excluding tert-OH is 1. The number of nitrogens with one attached hydrogen (secondary N) is 1. The van der Waals surface area contributed by atoms with E-state index in [1.807, 2.05) is 0 Å². The minimum atomic E-state index is -0.543. The van der Waals surface area contributed by atoms with E-state index in [9.17, 15) is 4.79 Å². The van der Waals surface area contributed by atoms with E-state index in [1.54, 1.807) is 6.08 Å². The minimum Gasteiger partial charge on any atom is -0.395 e. The van der Waals surface area contributed by atoms with Gasteiger partial charge in [0, 0.05) is 6.54 Å². The molecule has 4 nitrogen and oxygen atoms in total. The van der Waals surface area contributed by atoms with Gasteiger partial charge in [0.25, 0.3) is 0 Å². The van der Waals surface area contributed by atoms with E-state index in [1.165, 1.54) is 0 Å². The van der Waals surface area contributed by atoms with Crippen molar-refractivity contribution in [1.29, 1.82) is 0 Å². The Morgan fingerprint density at radius 1 is 1.82 bits per heavy atom. The standard InChI is InChI=1S/C7H14N2O2/c1-2-3-6(8)7(11)9-4-5-10/h2,6,10H,1,3-5,8H2,(H,9,11). The van der Waals surface area contributed by atoms with Gasteiger partial charge in [-0.25, -0.2) is 0 Å². The Balaban J connectivity index is 3.54. The molecule has 0 aliphatic carbocycles. The first kappa shape index (κ1) is 10.1. The summed E-state index contributed by atoms with van der Waals surface area (Å²) >= 11 is 0. The third-order valence-electron chi connectivity index (χ3n) is 1.17. The summed E-state index contributed by atoms with van der Waals surface area (Å²) in [7, 11) is 0. The van der Waals surface area contributed by atoms with E-state index in [-0.39, 0.29) is 19.1 Å². The van der Waals surface area contributed by atoms with Gasteiger partial charge >= 0.3 is 0 Å². The molecule has 0 aromatic carbocycles. The molecule has 1 atom stereocenters. The van der Waals surface area contributed by atoms with Gasteiger partial charge in [0.2, 0.25) is 5.91 Å². The normalized spacial score (nSPS) is 12.2. The zero-order valence-corrected chi connectivity index (χ0v) is 6.42. The predicted octanol–water partition coefficient (Wildman–Crippen LogP) is -1.00. The van der Waals surface area contributed by atoms with E-state index < -0.39 is 6.04 Å². The number of hydrogen-bond acceptors (Lipinski definition) is 3. The fourth-order valence-electron chi connectivity index (χ4n) is 0.597. The topological polar surface area (TPSA) is 75.4 Å². The quantitative estimate of drug-likeness (QED) is 0.449. The van der Waals surface area contributed by atoms with E-state index in [0.717, 1.165) is 0 Å². The van der Waals surface area contributed by atoms with Crippen LogP contribution in [0, 0.1) is 0 Å². The fourth-order valence-corrected chi connectivity index (χ4v) is 0.597. The van der Waals surface area contributed by atoms with Gasteiger partial charge in [-0.3, -0.25) is 4.79 Å². The first-order valence-electron chi connectivity index (χ1n) is 3.47. The molecule has 0 bridgehead atoms. The second-order valence-corrected chi connectivity index (χ2v) is 2.15. The number of aliphatic hydroxyl groups is 1. The molecular weight excluding hydrogens is 144 g/mol. The second-order valence-electron chi connectivity index (χ2n) is 2.15. The predicted molar refractivity (Wildman–Crippen MR) is 42.9 cm³/mol. The molecule has 0 saturated heterocycles. The van der Waals surface area contributed by atoms with Crippen molar-refractivity contribution in [2.45, 2.75) is 12.5 Å². The lowest BCUT2D eigenvalue weighted by atomic mass is 10.2. The van der Waals surface area contributed by atoms with Crippen LogP contribution in [0.1, 0.15) is 6.42 Å². The number of carbonyl (C=O) groups is 1. The van der Waals surface area contributed by atoms with E-state index in [4.69, 9.17) is 10.8 Å². The van der Waals surface area contributed by atoms with Crippen LogP contribution in [0.25, 0.3) is 0 Å². The largest absolute Gasteiger partial charge is 0.395 e. The second kappa shape index (κ2) is 5.88. The SMILES string of the molecule is C=CCC(N)C(=O)NCCO. The fraction of sp³-hybridized carbons (Fsp3) is 0.571. The maximum absolute atomic E-state index is 10.9. The molecule has 1 amide bonds. The average molecular weight is 158 g/mol. The highest BCUT2D eigenvalue weighted by Gasteiger charge is 2.09. The number of amides is 1. The van der Waals surface area contributed by atoms with Crippen molar-refractivity contribution >= 4 is 5.91 Å². The summed E-state index contributed by atoms with van der Waals surface area (Å²) in [6.07, 6.45) is 2.04. The van der Waals surface area contributed by atoms with E-state index >= 15 is 0 Å². The van der Waals surface area contributed by atoms with Crippen LogP contribution in [0.15, 0.2) is 12.7 Å². The molecule has 0 heterocycles. The highest BCUT2D eigenvalue weighted by atomic mass is 16.3. The molecule has 11 heavy (non-hydrogen) atoms. The average Bonchev–Trinajstić information content (AvgIpc) is 2.00. The van der Waals surface area contributed by atoms with Crippen LogP contribution in [0.3, 0.4) is 0 Å². The van der Waals surface area contributed by atoms with Crippen LogP contribution in [0.2, 0.25) is 0 Å². The third kappa shape index (κ3) is 4.52. The molecule has 1 unspecified atom stereocenters. The molecule has 0 spiro atoms. The Kier molecular flexibility index (Phi) is 5.42. The molecule has 0 aromatic rings. The van der Waals surface area contributed by atoms with Gasteiger partial charge in [0.05, 0.1) is 12.6 Å². The number of nitrogens with two attached hydrogens (primary N) is 1. The molecule has 0 saturated carbocycles. The maximum Gasteiger partial charge on any atom is 0.237 e. The van der Waals surface area contributed by atoms with Crippen molar-refractivity contribution in [2.75, 3.05) is 13.2 Å². The zero-order chi connectivity index (χ0) is 8.69. The number of hydrogen-bond donors (Lipinski definition) is 3. The van der Waals surface area contributed by atoms with Crippen LogP contribution in [-0.2, 0) is 4.79 Å². The summed E-state index contributed by atoms with van der Waals surface area (Å²) < 4.78 is 0. The van der Waals surface area contributed by atoms with Crippen molar-refractivity contribution in [3.05, 3.63) is 12.7 Å². The molecule has 0 rings (SSSR count). The van der Waals surface area contributed by atoms with Gasteiger partial charge in [-0.15, -0.1) is 6.58 Å². The molecule has 4 N–H and O–H groups in total. The van der Waals surface area contributed by atoms with Crippen LogP contribution in [0.4, 0.5) is 0 Å². The van der Waals surface area contributed by atoms with Gasteiger partial charge in [-0.2, -0.15) is 0 Å². The van der Waals surface area contributed by atoms with Gasteiger partial charge in [0.1, 0.15) is 0 Å². The molecule has 4 heteroatoms. The highest BCUT2D eigenvalue weighted by molar-refractivity contribution is 5.81. The van der Waals surface area contributed by atoms with Crippen LogP contribution in [0.5, 0.6) is 0 Å². The van der Waals surface area contributed by atoms with Crippen molar-refractivity contribution in [1.82, 2.24) is 5.32 Å². The molecule has 0 aliphatic heterocycles. The Bertz CT molecular complexity index is 136. The summed E-state index contributed by atoms with van der Waals surface area (Å²) in [5.41, 5.74) is 5.40. The third-order valence-corrected chi connectivity index (χ3v) is 1.17. The number of rotatable bonds is 5. The minimum absolute atomic E-state index is 0.0629. The first-order valence-corrected chi connectivity index (χ1v) is 3.47. The molecule has 64 valence electrons. The zero-order valence-electron chi connectivity index (χ0n) is 6.42. The summed E-state index contributed by atoms with van der Waals surface area (Å²) in [5, 5.41) is 10.8. The Labute approximate surface area is 66.1 Å². The van der Waals surface area contributed by atoms with Crippen molar-refractivity contribution in [2.24, 2.45) is 5.73 Å². The Morgan fingerprint density at radius 3 is 2.91 bits per heavy atom. The molecule has 0 radical (unpaired) electrons. The maximum atomic E-state index is 10.9. The molecular formula is C7H14N2O2. The van der Waals surface area contributed by atoms with Crippen molar-refractivity contribution in [3.63, 3.8) is 0 Å². The smallest absolute Gasteiger partial charge is 0.237 e. The summed E-state index contributed by atoms with van der Waals surface area (Å²) in [6.45, 7) is 3.64. The monoisotopic (exact) mass is 158 g/mol. The van der Waals surface area contributed by atoms with Gasteiger partial charge < -0.3 is 16.2 Å². The van der Waals surface area contributed by atoms with Crippen LogP contribution in [-0.4, -0.2) is 30.2 Å². The summed E-state index contributed by atoms with van der Waals surface area (Å²) in [5.74, 6) is -0.251. The van der Waals surface area contributed by atoms with Crippen LogP contribution >= 0.6 is 0 Å². The van der Waals surface area contributed by atoms with Crippen LogP contribution < -0.4 is 11.1 Å². The van der Waals surface area contributed by atoms with Gasteiger partial charge in [0.15, 0.2) is 0 Å². The highest BCUT2D eigenvalue weighted by Crippen LogP contribution is 1.87. The van der Waals surface area contributed by atoms with Gasteiger partial charge in [-0.05, 0) is 6.42 Å². The molecule has 0 aromatic heterocycles. The first-order chi connectivity index (χ1) is 5.22. The Hall–Kier alpha value is -0.870. The lowest BCUT2D eigenvalue weighted by Gasteiger charge is -2.08. The lowest BCUT2D eigenvalue weighted by Crippen LogP contribution is -2.41. The van der Waals surface area contributed by atoms with E-state index in [0.29, 0.717) is 6.42 Å². The van der Waals surface area contributed by atoms with Crippen molar-refractivity contribution < 1.29 is 9.90 Å². The summed E-state index contributed by atoms with van der Waals surface area (Å²) in [6, 6.07) is -0.543. The lowest BCUT2D eigenvalue weighted by molar-refractivity contribution is -0.122. The number of carbonyl (C=O) groups excluding carboxylic acids is 1. The van der Waals surface area contributed by atoms with Gasteiger partial charge in [-0.1, -0.05) is 6.08 Å². The Morgan fingerprint density at radius 2 is 2.45 bits per heavy atom. The van der Waals surface area contributed by atoms with E-state index in [2.05, 4.69) is 11.9 Å². The molecule has 0 aliphatic rings.